The van der Waals surface area contributed by atoms with E-state index in [1.807, 2.05) is 0 Å². The highest BCUT2D eigenvalue weighted by atomic mass is 35.5. The van der Waals surface area contributed by atoms with Crippen LogP contribution in [0.4, 0.5) is 0 Å². The second-order valence-electron chi connectivity index (χ2n) is 6.19. The third-order valence-electron chi connectivity index (χ3n) is 3.71. The highest BCUT2D eigenvalue weighted by Gasteiger charge is 2.26. The van der Waals surface area contributed by atoms with Gasteiger partial charge in [-0.2, -0.15) is 0 Å². The molecule has 1 heterocycles. The molecule has 0 bridgehead atoms. The predicted molar refractivity (Wildman–Crippen MR) is 78.4 cm³/mol. The van der Waals surface area contributed by atoms with Crippen LogP contribution in [0.3, 0.4) is 0 Å². The Labute approximate surface area is 117 Å². The molecule has 3 nitrogen and oxygen atoms in total. The van der Waals surface area contributed by atoms with Crippen LogP contribution in [0.2, 0.25) is 0 Å². The predicted octanol–water partition coefficient (Wildman–Crippen LogP) is 2.34. The molecule has 0 amide bonds. The highest BCUT2D eigenvalue weighted by molar-refractivity contribution is 6.17. The Hall–Kier alpha value is 0.170. The van der Waals surface area contributed by atoms with Crippen molar-refractivity contribution >= 4 is 11.6 Å². The molecule has 1 rings (SSSR count). The van der Waals surface area contributed by atoms with E-state index in [1.165, 1.54) is 0 Å². The van der Waals surface area contributed by atoms with Gasteiger partial charge in [-0.25, -0.2) is 0 Å². The average Bonchev–Trinajstić information content (AvgIpc) is 2.33. The van der Waals surface area contributed by atoms with Crippen LogP contribution in [-0.2, 0) is 4.74 Å². The SMILES string of the molecule is CCN1CCOC(CNC(CCCl)C(C)(C)C)C1. The molecule has 1 aliphatic heterocycles. The summed E-state index contributed by atoms with van der Waals surface area (Å²) in [7, 11) is 0. The number of likely N-dealkylation sites (N-methyl/N-ethyl adjacent to an activating group) is 1. The molecule has 1 N–H and O–H groups in total. The van der Waals surface area contributed by atoms with E-state index < -0.39 is 0 Å². The molecule has 0 aliphatic carbocycles. The number of hydrogen-bond acceptors (Lipinski definition) is 3. The molecule has 108 valence electrons. The molecule has 18 heavy (non-hydrogen) atoms. The molecule has 1 saturated heterocycles. The molecule has 0 saturated carbocycles. The van der Waals surface area contributed by atoms with Gasteiger partial charge in [-0.15, -0.1) is 11.6 Å². The Morgan fingerprint density at radius 3 is 2.72 bits per heavy atom. The second-order valence-corrected chi connectivity index (χ2v) is 6.57. The minimum absolute atomic E-state index is 0.244. The van der Waals surface area contributed by atoms with Gasteiger partial charge in [-0.3, -0.25) is 4.90 Å². The fourth-order valence-electron chi connectivity index (χ4n) is 2.42. The Morgan fingerprint density at radius 1 is 1.44 bits per heavy atom. The molecule has 1 fully saturated rings. The van der Waals surface area contributed by atoms with Gasteiger partial charge in [0.2, 0.25) is 0 Å². The third kappa shape index (κ3) is 5.43. The molecule has 0 radical (unpaired) electrons. The first-order valence-electron chi connectivity index (χ1n) is 7.10. The molecular formula is C14H29ClN2O. The lowest BCUT2D eigenvalue weighted by Gasteiger charge is -2.36. The van der Waals surface area contributed by atoms with Gasteiger partial charge < -0.3 is 10.1 Å². The maximum Gasteiger partial charge on any atom is 0.0826 e. The van der Waals surface area contributed by atoms with E-state index in [-0.39, 0.29) is 5.41 Å². The smallest absolute Gasteiger partial charge is 0.0826 e. The number of hydrogen-bond donors (Lipinski definition) is 1. The van der Waals surface area contributed by atoms with Crippen LogP contribution in [0, 0.1) is 5.41 Å². The van der Waals surface area contributed by atoms with Crippen LogP contribution < -0.4 is 5.32 Å². The van der Waals surface area contributed by atoms with Crippen LogP contribution in [-0.4, -0.2) is 55.7 Å². The maximum absolute atomic E-state index is 5.89. The zero-order valence-corrected chi connectivity index (χ0v) is 13.1. The first-order valence-corrected chi connectivity index (χ1v) is 7.64. The monoisotopic (exact) mass is 276 g/mol. The molecule has 4 heteroatoms. The summed E-state index contributed by atoms with van der Waals surface area (Å²) in [4.78, 5) is 2.45. The van der Waals surface area contributed by atoms with Gasteiger partial charge >= 0.3 is 0 Å². The molecule has 2 unspecified atom stereocenters. The van der Waals surface area contributed by atoms with Crippen molar-refractivity contribution in [1.29, 1.82) is 0 Å². The van der Waals surface area contributed by atoms with E-state index in [1.54, 1.807) is 0 Å². The van der Waals surface area contributed by atoms with Crippen molar-refractivity contribution in [2.75, 3.05) is 38.7 Å². The summed E-state index contributed by atoms with van der Waals surface area (Å²) in [5, 5.41) is 3.64. The fourth-order valence-corrected chi connectivity index (χ4v) is 2.63. The first kappa shape index (κ1) is 16.2. The van der Waals surface area contributed by atoms with E-state index in [0.717, 1.165) is 39.2 Å². The zero-order valence-electron chi connectivity index (χ0n) is 12.3. The van der Waals surface area contributed by atoms with E-state index in [0.29, 0.717) is 18.0 Å². The van der Waals surface area contributed by atoms with Gasteiger partial charge in [0, 0.05) is 31.6 Å². The van der Waals surface area contributed by atoms with Crippen molar-refractivity contribution in [1.82, 2.24) is 10.2 Å². The molecular weight excluding hydrogens is 248 g/mol. The van der Waals surface area contributed by atoms with Crippen molar-refractivity contribution in [3.05, 3.63) is 0 Å². The molecule has 0 aromatic heterocycles. The average molecular weight is 277 g/mol. The highest BCUT2D eigenvalue weighted by Crippen LogP contribution is 2.22. The zero-order chi connectivity index (χ0) is 13.6. The first-order chi connectivity index (χ1) is 8.47. The lowest BCUT2D eigenvalue weighted by molar-refractivity contribution is -0.0279. The maximum atomic E-state index is 5.89. The van der Waals surface area contributed by atoms with Crippen molar-refractivity contribution in [2.45, 2.75) is 46.3 Å². The van der Waals surface area contributed by atoms with Crippen LogP contribution in [0.15, 0.2) is 0 Å². The van der Waals surface area contributed by atoms with Crippen molar-refractivity contribution in [3.63, 3.8) is 0 Å². The third-order valence-corrected chi connectivity index (χ3v) is 3.92. The largest absolute Gasteiger partial charge is 0.374 e. The number of rotatable bonds is 6. The normalized spacial score (nSPS) is 24.2. The van der Waals surface area contributed by atoms with Crippen LogP contribution in [0.25, 0.3) is 0 Å². The Kier molecular flexibility index (Phi) is 6.93. The van der Waals surface area contributed by atoms with Crippen LogP contribution >= 0.6 is 11.6 Å². The molecule has 0 aromatic carbocycles. The number of alkyl halides is 1. The van der Waals surface area contributed by atoms with Gasteiger partial charge in [0.05, 0.1) is 12.7 Å². The van der Waals surface area contributed by atoms with Crippen LogP contribution in [0.1, 0.15) is 34.1 Å². The second kappa shape index (κ2) is 7.68. The molecule has 1 aliphatic rings. The van der Waals surface area contributed by atoms with E-state index in [9.17, 15) is 0 Å². The summed E-state index contributed by atoms with van der Waals surface area (Å²) < 4.78 is 5.81. The summed E-state index contributed by atoms with van der Waals surface area (Å²) in [5.41, 5.74) is 0.244. The quantitative estimate of drug-likeness (QED) is 0.754. The van der Waals surface area contributed by atoms with Gasteiger partial charge in [0.25, 0.3) is 0 Å². The summed E-state index contributed by atoms with van der Waals surface area (Å²) >= 11 is 5.89. The number of morpholine rings is 1. The number of nitrogens with zero attached hydrogens (tertiary/aromatic N) is 1. The van der Waals surface area contributed by atoms with Crippen molar-refractivity contribution in [3.8, 4) is 0 Å². The summed E-state index contributed by atoms with van der Waals surface area (Å²) in [5.74, 6) is 0.710. The Bertz CT molecular complexity index is 230. The number of ether oxygens (including phenoxy) is 1. The topological polar surface area (TPSA) is 24.5 Å². The summed E-state index contributed by atoms with van der Waals surface area (Å²) in [6, 6.07) is 0.454. The standard InChI is InChI=1S/C14H29ClN2O/c1-5-17-8-9-18-12(11-17)10-16-13(6-7-15)14(2,3)4/h12-13,16H,5-11H2,1-4H3. The molecule has 0 aromatic rings. The molecule has 2 atom stereocenters. The van der Waals surface area contributed by atoms with Gasteiger partial charge in [-0.1, -0.05) is 27.7 Å². The number of halogens is 1. The van der Waals surface area contributed by atoms with E-state index >= 15 is 0 Å². The van der Waals surface area contributed by atoms with E-state index in [4.69, 9.17) is 16.3 Å². The van der Waals surface area contributed by atoms with Gasteiger partial charge in [-0.05, 0) is 18.4 Å². The Morgan fingerprint density at radius 2 is 2.17 bits per heavy atom. The minimum Gasteiger partial charge on any atom is -0.374 e. The van der Waals surface area contributed by atoms with Crippen molar-refractivity contribution < 1.29 is 4.74 Å². The molecule has 0 spiro atoms. The lowest BCUT2D eigenvalue weighted by atomic mass is 9.85. The van der Waals surface area contributed by atoms with Gasteiger partial charge in [0.1, 0.15) is 0 Å². The summed E-state index contributed by atoms with van der Waals surface area (Å²) in [6.45, 7) is 14.0. The van der Waals surface area contributed by atoms with E-state index in [2.05, 4.69) is 37.9 Å². The minimum atomic E-state index is 0.244. The number of nitrogens with one attached hydrogen (secondary N) is 1. The van der Waals surface area contributed by atoms with Crippen molar-refractivity contribution in [2.24, 2.45) is 5.41 Å². The van der Waals surface area contributed by atoms with Crippen LogP contribution in [0.5, 0.6) is 0 Å². The Balaban J connectivity index is 2.37. The fraction of sp³-hybridized carbons (Fsp3) is 1.00. The van der Waals surface area contributed by atoms with Gasteiger partial charge in [0.15, 0.2) is 0 Å². The lowest BCUT2D eigenvalue weighted by Crippen LogP contribution is -2.50. The summed E-state index contributed by atoms with van der Waals surface area (Å²) in [6.07, 6.45) is 1.33.